The maximum atomic E-state index is 4.88. The molecule has 3 aromatic rings. The van der Waals surface area contributed by atoms with Crippen LogP contribution in [0.3, 0.4) is 0 Å². The molecule has 5 heteroatoms. The Morgan fingerprint density at radius 3 is 2.70 bits per heavy atom. The van der Waals surface area contributed by atoms with Crippen molar-refractivity contribution < 1.29 is 0 Å². The fourth-order valence-corrected chi connectivity index (χ4v) is 3.45. The van der Waals surface area contributed by atoms with Crippen molar-refractivity contribution in [2.45, 2.75) is 32.2 Å². The van der Waals surface area contributed by atoms with Crippen molar-refractivity contribution in [1.82, 2.24) is 19.7 Å². The van der Waals surface area contributed by atoms with Gasteiger partial charge in [-0.05, 0) is 18.8 Å². The molecule has 0 unspecified atom stereocenters. The number of fused-ring (bicyclic) bond motifs is 1. The average Bonchev–Trinajstić information content (AvgIpc) is 3.24. The van der Waals surface area contributed by atoms with Crippen LogP contribution in [0.5, 0.6) is 0 Å². The van der Waals surface area contributed by atoms with Gasteiger partial charge in [0.15, 0.2) is 5.65 Å². The lowest BCUT2D eigenvalue weighted by Crippen LogP contribution is -2.10. The second kappa shape index (κ2) is 5.99. The van der Waals surface area contributed by atoms with E-state index >= 15 is 0 Å². The predicted molar refractivity (Wildman–Crippen MR) is 92.3 cm³/mol. The third kappa shape index (κ3) is 2.67. The zero-order valence-electron chi connectivity index (χ0n) is 13.4. The first kappa shape index (κ1) is 14.2. The number of hydrogen-bond donors (Lipinski definition) is 1. The molecule has 2 heterocycles. The third-order valence-electron chi connectivity index (χ3n) is 4.67. The molecule has 0 saturated heterocycles. The zero-order chi connectivity index (χ0) is 15.6. The molecule has 1 fully saturated rings. The summed E-state index contributed by atoms with van der Waals surface area (Å²) in [6.07, 6.45) is 7.16. The van der Waals surface area contributed by atoms with Crippen LogP contribution in [0.2, 0.25) is 0 Å². The minimum atomic E-state index is 0.643. The molecule has 4 rings (SSSR count). The molecule has 5 nitrogen and oxygen atoms in total. The fourth-order valence-electron chi connectivity index (χ4n) is 3.45. The maximum absolute atomic E-state index is 4.88. The highest BCUT2D eigenvalue weighted by Crippen LogP contribution is 2.30. The molecule has 0 amide bonds. The van der Waals surface area contributed by atoms with E-state index in [1.807, 2.05) is 31.4 Å². The minimum absolute atomic E-state index is 0.643. The molecular formula is C18H21N5. The Bertz CT molecular complexity index is 803. The van der Waals surface area contributed by atoms with E-state index in [1.54, 1.807) is 0 Å². The largest absolute Gasteiger partial charge is 0.357 e. The molecule has 118 valence electrons. The summed E-state index contributed by atoms with van der Waals surface area (Å²) >= 11 is 0. The highest BCUT2D eigenvalue weighted by Gasteiger charge is 2.20. The van der Waals surface area contributed by atoms with Gasteiger partial charge >= 0.3 is 0 Å². The van der Waals surface area contributed by atoms with E-state index in [9.17, 15) is 0 Å². The van der Waals surface area contributed by atoms with Crippen LogP contribution in [0.15, 0.2) is 36.5 Å². The zero-order valence-corrected chi connectivity index (χ0v) is 13.4. The molecule has 0 aliphatic heterocycles. The topological polar surface area (TPSA) is 55.6 Å². The SMILES string of the molecule is CNc1ncc2c(-c3ccccc3)nn(CC3CCCC3)c2n1. The number of nitrogens with one attached hydrogen (secondary N) is 1. The average molecular weight is 307 g/mol. The normalized spacial score (nSPS) is 15.3. The molecule has 23 heavy (non-hydrogen) atoms. The first-order valence-electron chi connectivity index (χ1n) is 8.32. The van der Waals surface area contributed by atoms with E-state index in [-0.39, 0.29) is 0 Å². The monoisotopic (exact) mass is 307 g/mol. The Kier molecular flexibility index (Phi) is 3.69. The van der Waals surface area contributed by atoms with Crippen LogP contribution in [0, 0.1) is 5.92 Å². The van der Waals surface area contributed by atoms with E-state index in [0.29, 0.717) is 5.95 Å². The highest BCUT2D eigenvalue weighted by molar-refractivity contribution is 5.91. The van der Waals surface area contributed by atoms with Gasteiger partial charge < -0.3 is 5.32 Å². The van der Waals surface area contributed by atoms with Crippen LogP contribution in [0.4, 0.5) is 5.95 Å². The molecule has 0 atom stereocenters. The lowest BCUT2D eigenvalue weighted by Gasteiger charge is -2.09. The number of benzene rings is 1. The number of anilines is 1. The Labute approximate surface area is 135 Å². The van der Waals surface area contributed by atoms with Crippen molar-refractivity contribution in [3.8, 4) is 11.3 Å². The highest BCUT2D eigenvalue weighted by atomic mass is 15.3. The predicted octanol–water partition coefficient (Wildman–Crippen LogP) is 3.73. The molecule has 2 aromatic heterocycles. The summed E-state index contributed by atoms with van der Waals surface area (Å²) in [5.74, 6) is 1.36. The van der Waals surface area contributed by atoms with Gasteiger partial charge in [-0.3, -0.25) is 0 Å². The second-order valence-electron chi connectivity index (χ2n) is 6.23. The lowest BCUT2D eigenvalue weighted by molar-refractivity contribution is 0.437. The van der Waals surface area contributed by atoms with E-state index in [1.165, 1.54) is 25.7 Å². The van der Waals surface area contributed by atoms with Gasteiger partial charge in [0.1, 0.15) is 5.69 Å². The molecule has 0 spiro atoms. The molecular weight excluding hydrogens is 286 g/mol. The van der Waals surface area contributed by atoms with Gasteiger partial charge in [-0.15, -0.1) is 0 Å². The van der Waals surface area contributed by atoms with Crippen LogP contribution in [0.25, 0.3) is 22.3 Å². The van der Waals surface area contributed by atoms with Crippen LogP contribution in [0.1, 0.15) is 25.7 Å². The summed E-state index contributed by atoms with van der Waals surface area (Å²) in [6.45, 7) is 0.948. The first-order valence-corrected chi connectivity index (χ1v) is 8.32. The van der Waals surface area contributed by atoms with Gasteiger partial charge in [0.05, 0.1) is 5.39 Å². The number of nitrogens with zero attached hydrogens (tertiary/aromatic N) is 4. The van der Waals surface area contributed by atoms with Crippen molar-refractivity contribution in [3.05, 3.63) is 36.5 Å². The van der Waals surface area contributed by atoms with E-state index in [4.69, 9.17) is 5.10 Å². The van der Waals surface area contributed by atoms with Gasteiger partial charge in [-0.2, -0.15) is 10.1 Å². The van der Waals surface area contributed by atoms with Crippen LogP contribution < -0.4 is 5.32 Å². The number of rotatable bonds is 4. The van der Waals surface area contributed by atoms with Gasteiger partial charge in [-0.25, -0.2) is 9.67 Å². The molecule has 1 saturated carbocycles. The van der Waals surface area contributed by atoms with Crippen LogP contribution in [-0.2, 0) is 6.54 Å². The quantitative estimate of drug-likeness (QED) is 0.798. The van der Waals surface area contributed by atoms with E-state index in [0.717, 1.165) is 34.8 Å². The Hall–Kier alpha value is -2.43. The Morgan fingerprint density at radius 1 is 1.17 bits per heavy atom. The van der Waals surface area contributed by atoms with Gasteiger partial charge in [0.25, 0.3) is 0 Å². The smallest absolute Gasteiger partial charge is 0.224 e. The molecule has 0 radical (unpaired) electrons. The number of aromatic nitrogens is 4. The summed E-state index contributed by atoms with van der Waals surface area (Å²) in [6, 6.07) is 10.3. The molecule has 1 aliphatic rings. The summed E-state index contributed by atoms with van der Waals surface area (Å²) in [4.78, 5) is 9.04. The molecule has 0 bridgehead atoms. The fraction of sp³-hybridized carbons (Fsp3) is 0.389. The standard InChI is InChI=1S/C18H21N5/c1-19-18-20-11-15-16(14-9-3-2-4-10-14)22-23(17(15)21-18)12-13-7-5-6-8-13/h2-4,9-11,13H,5-8,12H2,1H3,(H,19,20,21). The summed E-state index contributed by atoms with van der Waals surface area (Å²) in [5, 5.41) is 8.93. The van der Waals surface area contributed by atoms with Crippen molar-refractivity contribution >= 4 is 17.0 Å². The van der Waals surface area contributed by atoms with Gasteiger partial charge in [0.2, 0.25) is 5.95 Å². The second-order valence-corrected chi connectivity index (χ2v) is 6.23. The molecule has 1 aliphatic carbocycles. The molecule has 1 aromatic carbocycles. The lowest BCUT2D eigenvalue weighted by atomic mass is 10.1. The Morgan fingerprint density at radius 2 is 1.96 bits per heavy atom. The Balaban J connectivity index is 1.83. The van der Waals surface area contributed by atoms with Gasteiger partial charge in [-0.1, -0.05) is 43.2 Å². The van der Waals surface area contributed by atoms with Crippen molar-refractivity contribution in [2.24, 2.45) is 5.92 Å². The van der Waals surface area contributed by atoms with E-state index in [2.05, 4.69) is 32.1 Å². The minimum Gasteiger partial charge on any atom is -0.357 e. The first-order chi connectivity index (χ1) is 11.3. The van der Waals surface area contributed by atoms with Crippen LogP contribution >= 0.6 is 0 Å². The summed E-state index contributed by atoms with van der Waals surface area (Å²) < 4.78 is 2.08. The van der Waals surface area contributed by atoms with Crippen molar-refractivity contribution in [1.29, 1.82) is 0 Å². The maximum Gasteiger partial charge on any atom is 0.224 e. The van der Waals surface area contributed by atoms with Crippen molar-refractivity contribution in [3.63, 3.8) is 0 Å². The van der Waals surface area contributed by atoms with Crippen LogP contribution in [-0.4, -0.2) is 26.8 Å². The summed E-state index contributed by atoms with van der Waals surface area (Å²) in [7, 11) is 1.84. The van der Waals surface area contributed by atoms with E-state index < -0.39 is 0 Å². The third-order valence-corrected chi connectivity index (χ3v) is 4.67. The van der Waals surface area contributed by atoms with Gasteiger partial charge in [0, 0.05) is 25.4 Å². The van der Waals surface area contributed by atoms with Crippen molar-refractivity contribution in [2.75, 3.05) is 12.4 Å². The number of hydrogen-bond acceptors (Lipinski definition) is 4. The molecule has 1 N–H and O–H groups in total. The summed E-state index contributed by atoms with van der Waals surface area (Å²) in [5.41, 5.74) is 3.01.